The van der Waals surface area contributed by atoms with Gasteiger partial charge in [-0.1, -0.05) is 41.4 Å². The summed E-state index contributed by atoms with van der Waals surface area (Å²) in [4.78, 5) is 10.7. The summed E-state index contributed by atoms with van der Waals surface area (Å²) in [6.45, 7) is 2.03. The van der Waals surface area contributed by atoms with Crippen LogP contribution in [0.5, 0.6) is 0 Å². The molecule has 3 rings (SSSR count). The van der Waals surface area contributed by atoms with Crippen LogP contribution < -0.4 is 5.73 Å². The van der Waals surface area contributed by atoms with Gasteiger partial charge in [-0.05, 0) is 85.4 Å². The first-order valence-electron chi connectivity index (χ1n) is 9.50. The van der Waals surface area contributed by atoms with Crippen LogP contribution in [-0.2, 0) is 17.6 Å². The van der Waals surface area contributed by atoms with E-state index in [0.29, 0.717) is 11.4 Å². The van der Waals surface area contributed by atoms with Crippen molar-refractivity contribution in [3.63, 3.8) is 0 Å². The second kappa shape index (κ2) is 8.62. The number of allylic oxidation sites excluding steroid dienone is 2. The van der Waals surface area contributed by atoms with E-state index in [2.05, 4.69) is 24.3 Å². The molecule has 0 bridgehead atoms. The lowest BCUT2D eigenvalue weighted by Gasteiger charge is -2.11. The molecule has 1 aliphatic rings. The summed E-state index contributed by atoms with van der Waals surface area (Å²) in [5.41, 5.74) is 14.4. The molecule has 2 aromatic carbocycles. The minimum absolute atomic E-state index is 0.106. The van der Waals surface area contributed by atoms with Crippen LogP contribution in [0.15, 0.2) is 42.0 Å². The van der Waals surface area contributed by atoms with Gasteiger partial charge in [-0.3, -0.25) is 4.79 Å². The Morgan fingerprint density at radius 1 is 1.11 bits per heavy atom. The van der Waals surface area contributed by atoms with Gasteiger partial charge in [0.15, 0.2) is 0 Å². The number of carboxylic acid groups (broad SMARTS) is 1. The first kappa shape index (κ1) is 19.5. The van der Waals surface area contributed by atoms with Gasteiger partial charge < -0.3 is 10.8 Å². The molecule has 0 heterocycles. The first-order chi connectivity index (χ1) is 12.9. The van der Waals surface area contributed by atoms with Gasteiger partial charge in [0.25, 0.3) is 0 Å². The summed E-state index contributed by atoms with van der Waals surface area (Å²) in [5, 5.41) is 9.49. The van der Waals surface area contributed by atoms with E-state index in [9.17, 15) is 4.79 Å². The molecular formula is C23H26ClNO2. The fraction of sp³-hybridized carbons (Fsp3) is 0.348. The van der Waals surface area contributed by atoms with Crippen molar-refractivity contribution >= 4 is 28.8 Å². The average Bonchev–Trinajstić information content (AvgIpc) is 3.10. The van der Waals surface area contributed by atoms with Crippen molar-refractivity contribution in [2.24, 2.45) is 0 Å². The lowest BCUT2D eigenvalue weighted by atomic mass is 9.96. The average molecular weight is 384 g/mol. The molecule has 0 spiro atoms. The van der Waals surface area contributed by atoms with Crippen molar-refractivity contribution in [3.8, 4) is 0 Å². The van der Waals surface area contributed by atoms with E-state index < -0.39 is 5.97 Å². The van der Waals surface area contributed by atoms with E-state index in [1.165, 1.54) is 28.7 Å². The fourth-order valence-corrected chi connectivity index (χ4v) is 4.04. The highest BCUT2D eigenvalue weighted by Gasteiger charge is 2.17. The number of nitrogens with two attached hydrogens (primary N) is 1. The molecule has 27 heavy (non-hydrogen) atoms. The number of aryl methyl sites for hydroxylation is 3. The van der Waals surface area contributed by atoms with Gasteiger partial charge in [0.1, 0.15) is 0 Å². The second-order valence-corrected chi connectivity index (χ2v) is 7.73. The summed E-state index contributed by atoms with van der Waals surface area (Å²) in [6.07, 6.45) is 6.01. The monoisotopic (exact) mass is 383 g/mol. The van der Waals surface area contributed by atoms with Gasteiger partial charge in [-0.25, -0.2) is 0 Å². The van der Waals surface area contributed by atoms with E-state index in [-0.39, 0.29) is 6.42 Å². The highest BCUT2D eigenvalue weighted by atomic mass is 35.5. The Hall–Kier alpha value is -2.26. The molecule has 0 fully saturated rings. The maximum Gasteiger partial charge on any atom is 0.303 e. The van der Waals surface area contributed by atoms with Crippen LogP contribution in [0.25, 0.3) is 5.57 Å². The van der Waals surface area contributed by atoms with E-state index in [0.717, 1.165) is 42.5 Å². The van der Waals surface area contributed by atoms with Gasteiger partial charge in [-0.2, -0.15) is 0 Å². The minimum Gasteiger partial charge on any atom is -0.481 e. The van der Waals surface area contributed by atoms with Crippen molar-refractivity contribution in [2.45, 2.75) is 51.9 Å². The van der Waals surface area contributed by atoms with Crippen LogP contribution >= 0.6 is 11.6 Å². The van der Waals surface area contributed by atoms with E-state index in [1.807, 2.05) is 19.1 Å². The number of carbonyl (C=O) groups is 1. The number of rotatable bonds is 7. The third-order valence-corrected chi connectivity index (χ3v) is 5.75. The Labute approximate surface area is 165 Å². The molecule has 3 N–H and O–H groups in total. The predicted molar refractivity (Wildman–Crippen MR) is 112 cm³/mol. The maximum atomic E-state index is 10.7. The largest absolute Gasteiger partial charge is 0.481 e. The Balaban J connectivity index is 1.70. The molecule has 0 aliphatic heterocycles. The summed E-state index contributed by atoms with van der Waals surface area (Å²) < 4.78 is 0. The zero-order chi connectivity index (χ0) is 19.4. The molecule has 1 aliphatic carbocycles. The smallest absolute Gasteiger partial charge is 0.303 e. The standard InChI is InChI=1S/C23H26ClNO2/c1-15-5-8-19(14-22(15)25)20-4-2-3-17(20)9-6-16-7-10-18(21(24)13-16)11-12-23(26)27/h5,7-8,10,13-14H,2-4,6,9,11-12,25H2,1H3,(H,26,27). The minimum atomic E-state index is -0.799. The third kappa shape index (κ3) is 4.92. The number of hydrogen-bond donors (Lipinski definition) is 2. The highest BCUT2D eigenvalue weighted by molar-refractivity contribution is 6.31. The zero-order valence-electron chi connectivity index (χ0n) is 15.7. The molecule has 0 amide bonds. The van der Waals surface area contributed by atoms with Crippen LogP contribution in [0.3, 0.4) is 0 Å². The number of nitrogen functional groups attached to an aromatic ring is 1. The molecule has 3 nitrogen and oxygen atoms in total. The van der Waals surface area contributed by atoms with Crippen molar-refractivity contribution in [1.82, 2.24) is 0 Å². The van der Waals surface area contributed by atoms with E-state index in [4.69, 9.17) is 22.4 Å². The van der Waals surface area contributed by atoms with E-state index >= 15 is 0 Å². The second-order valence-electron chi connectivity index (χ2n) is 7.33. The molecule has 142 valence electrons. The predicted octanol–water partition coefficient (Wildman–Crippen LogP) is 5.82. The molecule has 0 atom stereocenters. The van der Waals surface area contributed by atoms with Gasteiger partial charge in [0.05, 0.1) is 0 Å². The van der Waals surface area contributed by atoms with Crippen LogP contribution in [0, 0.1) is 6.92 Å². The molecule has 0 radical (unpaired) electrons. The van der Waals surface area contributed by atoms with Crippen molar-refractivity contribution < 1.29 is 9.90 Å². The Morgan fingerprint density at radius 3 is 2.63 bits per heavy atom. The number of carboxylic acids is 1. The van der Waals surface area contributed by atoms with Crippen LogP contribution in [0.2, 0.25) is 5.02 Å². The topological polar surface area (TPSA) is 63.3 Å². The summed E-state index contributed by atoms with van der Waals surface area (Å²) >= 11 is 6.35. The molecule has 0 unspecified atom stereocenters. The number of benzene rings is 2. The number of hydrogen-bond acceptors (Lipinski definition) is 2. The third-order valence-electron chi connectivity index (χ3n) is 5.40. The quantitative estimate of drug-likeness (QED) is 0.592. The SMILES string of the molecule is Cc1ccc(C2=C(CCc3ccc(CCC(=O)O)c(Cl)c3)CCC2)cc1N. The normalized spacial score (nSPS) is 14.0. The Bertz CT molecular complexity index is 886. The van der Waals surface area contributed by atoms with Gasteiger partial charge in [0, 0.05) is 17.1 Å². The van der Waals surface area contributed by atoms with Gasteiger partial charge in [-0.15, -0.1) is 0 Å². The van der Waals surface area contributed by atoms with Gasteiger partial charge in [0.2, 0.25) is 0 Å². The molecule has 0 saturated heterocycles. The molecule has 2 aromatic rings. The Kier molecular flexibility index (Phi) is 6.22. The van der Waals surface area contributed by atoms with Crippen LogP contribution in [0.1, 0.15) is 54.4 Å². The fourth-order valence-electron chi connectivity index (χ4n) is 3.74. The molecular weight excluding hydrogens is 358 g/mol. The number of anilines is 1. The van der Waals surface area contributed by atoms with Crippen molar-refractivity contribution in [2.75, 3.05) is 5.73 Å². The summed E-state index contributed by atoms with van der Waals surface area (Å²) in [5.74, 6) is -0.799. The highest BCUT2D eigenvalue weighted by Crippen LogP contribution is 2.37. The van der Waals surface area contributed by atoms with Crippen LogP contribution in [0.4, 0.5) is 5.69 Å². The van der Waals surface area contributed by atoms with Crippen LogP contribution in [-0.4, -0.2) is 11.1 Å². The van der Waals surface area contributed by atoms with Gasteiger partial charge >= 0.3 is 5.97 Å². The lowest BCUT2D eigenvalue weighted by molar-refractivity contribution is -0.136. The molecule has 0 aromatic heterocycles. The Morgan fingerprint density at radius 2 is 1.93 bits per heavy atom. The first-order valence-corrected chi connectivity index (χ1v) is 9.88. The summed E-state index contributed by atoms with van der Waals surface area (Å²) in [7, 11) is 0. The lowest BCUT2D eigenvalue weighted by Crippen LogP contribution is -1.98. The van der Waals surface area contributed by atoms with Crippen molar-refractivity contribution in [3.05, 3.63) is 69.2 Å². The van der Waals surface area contributed by atoms with E-state index in [1.54, 1.807) is 0 Å². The number of aliphatic carboxylic acids is 1. The zero-order valence-corrected chi connectivity index (χ0v) is 16.5. The van der Waals surface area contributed by atoms with Crippen molar-refractivity contribution in [1.29, 1.82) is 0 Å². The summed E-state index contributed by atoms with van der Waals surface area (Å²) in [6, 6.07) is 12.4. The molecule has 4 heteroatoms. The molecule has 0 saturated carbocycles. The maximum absolute atomic E-state index is 10.7. The number of halogens is 1.